The quantitative estimate of drug-likeness (QED) is 0.781. The Morgan fingerprint density at radius 2 is 2.17 bits per heavy atom. The van der Waals surface area contributed by atoms with Crippen LogP contribution in [0.15, 0.2) is 16.6 Å². The van der Waals surface area contributed by atoms with E-state index in [2.05, 4.69) is 15.9 Å². The molecule has 0 aliphatic rings. The highest BCUT2D eigenvalue weighted by Gasteiger charge is 2.11. The maximum Gasteiger partial charge on any atom is 0.253 e. The number of rotatable bonds is 1. The van der Waals surface area contributed by atoms with Gasteiger partial charge >= 0.3 is 0 Å². The molecular formula is C7H3BrClFO2. The second-order valence-electron chi connectivity index (χ2n) is 2.06. The molecule has 1 aromatic carbocycles. The average molecular weight is 253 g/mol. The van der Waals surface area contributed by atoms with Crippen molar-refractivity contribution in [2.24, 2.45) is 0 Å². The average Bonchev–Trinajstić information content (AvgIpc) is 1.96. The minimum absolute atomic E-state index is 0.0376. The van der Waals surface area contributed by atoms with Gasteiger partial charge in [-0.15, -0.1) is 0 Å². The molecule has 0 saturated carbocycles. The largest absolute Gasteiger partial charge is 0.505 e. The van der Waals surface area contributed by atoms with Crippen LogP contribution in [0.4, 0.5) is 4.39 Å². The van der Waals surface area contributed by atoms with Crippen LogP contribution in [-0.2, 0) is 0 Å². The lowest BCUT2D eigenvalue weighted by atomic mass is 10.2. The Hall–Kier alpha value is -0.610. The third-order valence-electron chi connectivity index (χ3n) is 1.25. The van der Waals surface area contributed by atoms with Gasteiger partial charge in [-0.2, -0.15) is 0 Å². The SMILES string of the molecule is O=C(Cl)c1cc(O)c(F)cc1Br. The molecule has 0 fully saturated rings. The second kappa shape index (κ2) is 3.41. The number of phenolic OH excluding ortho intramolecular Hbond substituents is 1. The maximum atomic E-state index is 12.6. The zero-order chi connectivity index (χ0) is 9.30. The lowest BCUT2D eigenvalue weighted by molar-refractivity contribution is 0.108. The number of halogens is 3. The van der Waals surface area contributed by atoms with Crippen molar-refractivity contribution in [1.82, 2.24) is 0 Å². The van der Waals surface area contributed by atoms with E-state index >= 15 is 0 Å². The second-order valence-corrected chi connectivity index (χ2v) is 3.25. The van der Waals surface area contributed by atoms with Crippen LogP contribution in [0.1, 0.15) is 10.4 Å². The smallest absolute Gasteiger partial charge is 0.253 e. The van der Waals surface area contributed by atoms with Gasteiger partial charge in [-0.05, 0) is 39.7 Å². The van der Waals surface area contributed by atoms with E-state index in [1.807, 2.05) is 0 Å². The molecule has 1 aromatic rings. The minimum atomic E-state index is -0.802. The van der Waals surface area contributed by atoms with Gasteiger partial charge in [0.25, 0.3) is 5.24 Å². The van der Waals surface area contributed by atoms with Gasteiger partial charge in [0.1, 0.15) is 0 Å². The molecule has 0 aliphatic carbocycles. The Kier molecular flexibility index (Phi) is 2.69. The van der Waals surface area contributed by atoms with Crippen molar-refractivity contribution in [3.05, 3.63) is 28.0 Å². The molecule has 2 nitrogen and oxygen atoms in total. The first kappa shape index (κ1) is 9.48. The summed E-state index contributed by atoms with van der Waals surface area (Å²) in [5.74, 6) is -1.40. The summed E-state index contributed by atoms with van der Waals surface area (Å²) in [5, 5.41) is 8.11. The fourth-order valence-electron chi connectivity index (χ4n) is 0.688. The fraction of sp³-hybridized carbons (Fsp3) is 0. The normalized spacial score (nSPS) is 9.92. The summed E-state index contributed by atoms with van der Waals surface area (Å²) in [4.78, 5) is 10.6. The van der Waals surface area contributed by atoms with E-state index in [0.29, 0.717) is 0 Å². The van der Waals surface area contributed by atoms with Gasteiger partial charge in [-0.1, -0.05) is 0 Å². The summed E-state index contributed by atoms with van der Waals surface area (Å²) in [5.41, 5.74) is 0.0376. The van der Waals surface area contributed by atoms with Gasteiger partial charge in [0.05, 0.1) is 5.56 Å². The van der Waals surface area contributed by atoms with E-state index in [9.17, 15) is 9.18 Å². The third-order valence-corrected chi connectivity index (χ3v) is 2.11. The van der Waals surface area contributed by atoms with Gasteiger partial charge in [0.15, 0.2) is 11.6 Å². The molecule has 0 atom stereocenters. The van der Waals surface area contributed by atoms with E-state index in [0.717, 1.165) is 12.1 Å². The van der Waals surface area contributed by atoms with Crippen LogP contribution in [-0.4, -0.2) is 10.3 Å². The highest BCUT2D eigenvalue weighted by atomic mass is 79.9. The number of carbonyl (C=O) groups is 1. The summed E-state index contributed by atoms with van der Waals surface area (Å²) >= 11 is 8.06. The lowest BCUT2D eigenvalue weighted by Crippen LogP contribution is -1.91. The van der Waals surface area contributed by atoms with Crippen molar-refractivity contribution in [1.29, 1.82) is 0 Å². The molecule has 5 heteroatoms. The summed E-state index contributed by atoms with van der Waals surface area (Å²) < 4.78 is 12.8. The molecular weight excluding hydrogens is 250 g/mol. The third kappa shape index (κ3) is 1.76. The van der Waals surface area contributed by atoms with Gasteiger partial charge in [0.2, 0.25) is 0 Å². The number of hydrogen-bond donors (Lipinski definition) is 1. The molecule has 0 bridgehead atoms. The highest BCUT2D eigenvalue weighted by molar-refractivity contribution is 9.10. The molecule has 12 heavy (non-hydrogen) atoms. The van der Waals surface area contributed by atoms with E-state index in [1.54, 1.807) is 0 Å². The van der Waals surface area contributed by atoms with Gasteiger partial charge < -0.3 is 5.11 Å². The van der Waals surface area contributed by atoms with Crippen molar-refractivity contribution in [2.75, 3.05) is 0 Å². The summed E-state index contributed by atoms with van der Waals surface area (Å²) in [7, 11) is 0. The molecule has 0 radical (unpaired) electrons. The predicted octanol–water partition coefficient (Wildman–Crippen LogP) is 2.67. The number of carbonyl (C=O) groups excluding carboxylic acids is 1. The van der Waals surface area contributed by atoms with E-state index in [1.165, 1.54) is 0 Å². The van der Waals surface area contributed by atoms with Gasteiger partial charge in [-0.3, -0.25) is 4.79 Å². The van der Waals surface area contributed by atoms with Crippen molar-refractivity contribution < 1.29 is 14.3 Å². The number of hydrogen-bond acceptors (Lipinski definition) is 2. The van der Waals surface area contributed by atoms with Crippen LogP contribution < -0.4 is 0 Å². The van der Waals surface area contributed by atoms with Crippen LogP contribution in [0.3, 0.4) is 0 Å². The predicted molar refractivity (Wildman–Crippen MR) is 45.9 cm³/mol. The zero-order valence-corrected chi connectivity index (χ0v) is 7.99. The van der Waals surface area contributed by atoms with E-state index in [4.69, 9.17) is 16.7 Å². The number of benzene rings is 1. The summed E-state index contributed by atoms with van der Waals surface area (Å²) in [6, 6.07) is 1.94. The van der Waals surface area contributed by atoms with Gasteiger partial charge in [0, 0.05) is 4.47 Å². The topological polar surface area (TPSA) is 37.3 Å². The molecule has 1 N–H and O–H groups in total. The van der Waals surface area contributed by atoms with Crippen molar-refractivity contribution in [3.8, 4) is 5.75 Å². The maximum absolute atomic E-state index is 12.6. The fourth-order valence-corrected chi connectivity index (χ4v) is 1.45. The molecule has 0 aliphatic heterocycles. The summed E-state index contributed by atoms with van der Waals surface area (Å²) in [6.07, 6.45) is 0. The first-order valence-corrected chi connectivity index (χ1v) is 4.07. The molecule has 0 aromatic heterocycles. The minimum Gasteiger partial charge on any atom is -0.505 e. The highest BCUT2D eigenvalue weighted by Crippen LogP contribution is 2.26. The summed E-state index contributed by atoms with van der Waals surface area (Å²) in [6.45, 7) is 0. The molecule has 64 valence electrons. The van der Waals surface area contributed by atoms with Crippen molar-refractivity contribution in [2.45, 2.75) is 0 Å². The Labute approximate surface area is 81.1 Å². The lowest BCUT2D eigenvalue weighted by Gasteiger charge is -2.00. The Bertz CT molecular complexity index is 340. The molecule has 1 rings (SSSR count). The Morgan fingerprint density at radius 1 is 1.58 bits per heavy atom. The molecule has 0 saturated heterocycles. The van der Waals surface area contributed by atoms with Crippen LogP contribution in [0, 0.1) is 5.82 Å². The molecule has 0 amide bonds. The van der Waals surface area contributed by atoms with E-state index < -0.39 is 16.8 Å². The Morgan fingerprint density at radius 3 is 2.67 bits per heavy atom. The van der Waals surface area contributed by atoms with Crippen LogP contribution in [0.25, 0.3) is 0 Å². The van der Waals surface area contributed by atoms with Gasteiger partial charge in [-0.25, -0.2) is 4.39 Å². The number of aromatic hydroxyl groups is 1. The Balaban J connectivity index is 3.33. The monoisotopic (exact) mass is 252 g/mol. The first-order chi connectivity index (χ1) is 5.52. The molecule has 0 heterocycles. The zero-order valence-electron chi connectivity index (χ0n) is 5.64. The van der Waals surface area contributed by atoms with Crippen LogP contribution >= 0.6 is 27.5 Å². The van der Waals surface area contributed by atoms with E-state index in [-0.39, 0.29) is 10.0 Å². The van der Waals surface area contributed by atoms with Crippen molar-refractivity contribution >= 4 is 32.8 Å². The molecule has 0 unspecified atom stereocenters. The molecule has 0 spiro atoms. The van der Waals surface area contributed by atoms with Crippen molar-refractivity contribution in [3.63, 3.8) is 0 Å². The standard InChI is InChI=1S/C7H3BrClFO2/c8-4-2-5(10)6(11)1-3(4)7(9)12/h1-2,11H. The van der Waals surface area contributed by atoms with Crippen LogP contribution in [0.2, 0.25) is 0 Å². The van der Waals surface area contributed by atoms with Crippen LogP contribution in [0.5, 0.6) is 5.75 Å². The first-order valence-electron chi connectivity index (χ1n) is 2.90. The number of phenols is 1.